The van der Waals surface area contributed by atoms with Gasteiger partial charge in [-0.1, -0.05) is 24.1 Å². The van der Waals surface area contributed by atoms with Crippen LogP contribution in [-0.4, -0.2) is 62.6 Å². The first kappa shape index (κ1) is 26.0. The minimum Gasteiger partial charge on any atom is -0.476 e. The van der Waals surface area contributed by atoms with E-state index in [0.29, 0.717) is 48.7 Å². The fraction of sp³-hybridized carbons (Fsp3) is 0.444. The number of carboxylic acid groups (broad SMARTS) is 1. The largest absolute Gasteiger partial charge is 0.476 e. The summed E-state index contributed by atoms with van der Waals surface area (Å²) < 4.78 is 1.57. The lowest BCUT2D eigenvalue weighted by Gasteiger charge is -2.39. The summed E-state index contributed by atoms with van der Waals surface area (Å²) in [6, 6.07) is 6.50. The van der Waals surface area contributed by atoms with E-state index in [0.717, 1.165) is 30.4 Å². The van der Waals surface area contributed by atoms with Crippen LogP contribution in [0.15, 0.2) is 29.1 Å². The molecule has 1 atom stereocenters. The van der Waals surface area contributed by atoms with E-state index in [-0.39, 0.29) is 34.3 Å². The molecule has 0 radical (unpaired) electrons. The second-order valence-electron chi connectivity index (χ2n) is 10.2. The summed E-state index contributed by atoms with van der Waals surface area (Å²) >= 11 is 5.91. The van der Waals surface area contributed by atoms with E-state index in [4.69, 9.17) is 16.6 Å². The lowest BCUT2D eigenvalue weighted by atomic mass is 9.84. The van der Waals surface area contributed by atoms with Gasteiger partial charge in [0.15, 0.2) is 5.69 Å². The van der Waals surface area contributed by atoms with Gasteiger partial charge in [-0.15, -0.1) is 0 Å². The number of nitrogens with one attached hydrogen (secondary N) is 1. The van der Waals surface area contributed by atoms with E-state index < -0.39 is 5.97 Å². The molecule has 1 saturated carbocycles. The van der Waals surface area contributed by atoms with Crippen LogP contribution in [0.3, 0.4) is 0 Å². The van der Waals surface area contributed by atoms with Crippen LogP contribution in [0, 0.1) is 12.8 Å². The highest BCUT2D eigenvalue weighted by Gasteiger charge is 2.32. The number of rotatable bonds is 6. The van der Waals surface area contributed by atoms with E-state index in [1.165, 1.54) is 6.07 Å². The summed E-state index contributed by atoms with van der Waals surface area (Å²) in [6.45, 7) is 6.19. The van der Waals surface area contributed by atoms with Crippen molar-refractivity contribution in [3.05, 3.63) is 56.6 Å². The first-order chi connectivity index (χ1) is 18.1. The summed E-state index contributed by atoms with van der Waals surface area (Å²) in [5.74, 6) is -0.233. The molecule has 10 nitrogen and oxygen atoms in total. The summed E-state index contributed by atoms with van der Waals surface area (Å²) in [5, 5.41) is 13.4. The highest BCUT2D eigenvalue weighted by Crippen LogP contribution is 2.31. The topological polar surface area (TPSA) is 121 Å². The van der Waals surface area contributed by atoms with Gasteiger partial charge >= 0.3 is 5.97 Å². The maximum absolute atomic E-state index is 13.5. The summed E-state index contributed by atoms with van der Waals surface area (Å²) in [6.07, 6.45) is 3.09. The quantitative estimate of drug-likeness (QED) is 0.457. The number of pyridine rings is 1. The Morgan fingerprint density at radius 2 is 1.84 bits per heavy atom. The zero-order chi connectivity index (χ0) is 27.1. The van der Waals surface area contributed by atoms with Gasteiger partial charge in [0.05, 0.1) is 22.6 Å². The Morgan fingerprint density at radius 1 is 1.13 bits per heavy atom. The van der Waals surface area contributed by atoms with Gasteiger partial charge in [-0.3, -0.25) is 14.2 Å². The third-order valence-electron chi connectivity index (χ3n) is 7.56. The number of piperazine rings is 1. The molecular weight excluding hydrogens is 508 g/mol. The Labute approximate surface area is 225 Å². The molecule has 1 aliphatic heterocycles. The molecule has 3 heterocycles. The lowest BCUT2D eigenvalue weighted by Crippen LogP contribution is -2.52. The number of amides is 1. The van der Waals surface area contributed by atoms with Gasteiger partial charge in [0.25, 0.3) is 5.56 Å². The van der Waals surface area contributed by atoms with Crippen molar-refractivity contribution < 1.29 is 14.7 Å². The van der Waals surface area contributed by atoms with Crippen LogP contribution in [-0.2, 0) is 11.8 Å². The highest BCUT2D eigenvalue weighted by molar-refractivity contribution is 6.29. The molecule has 1 aliphatic carbocycles. The molecule has 0 bridgehead atoms. The van der Waals surface area contributed by atoms with Crippen molar-refractivity contribution in [1.82, 2.24) is 19.4 Å². The molecule has 200 valence electrons. The van der Waals surface area contributed by atoms with Crippen molar-refractivity contribution in [1.29, 1.82) is 0 Å². The Hall–Kier alpha value is -3.66. The molecule has 0 unspecified atom stereocenters. The fourth-order valence-electron chi connectivity index (χ4n) is 5.22. The maximum Gasteiger partial charge on any atom is 0.356 e. The molecule has 1 amide bonds. The number of carbonyl (C=O) groups is 2. The molecular formula is C27H31ClN6O4. The molecule has 1 aromatic carbocycles. The molecule has 5 rings (SSSR count). The van der Waals surface area contributed by atoms with Gasteiger partial charge in [-0.25, -0.2) is 14.8 Å². The third-order valence-corrected chi connectivity index (χ3v) is 7.77. The predicted molar refractivity (Wildman–Crippen MR) is 146 cm³/mol. The van der Waals surface area contributed by atoms with Crippen LogP contribution in [0.5, 0.6) is 0 Å². The number of hydrogen-bond acceptors (Lipinski definition) is 7. The van der Waals surface area contributed by atoms with Crippen molar-refractivity contribution in [2.75, 3.05) is 36.4 Å². The molecule has 2 N–H and O–H groups in total. The number of carboxylic acids is 1. The number of benzene rings is 1. The molecule has 11 heteroatoms. The second kappa shape index (κ2) is 10.2. The number of aryl methyl sites for hydroxylation is 1. The van der Waals surface area contributed by atoms with E-state index in [1.807, 2.05) is 30.9 Å². The van der Waals surface area contributed by atoms with Crippen molar-refractivity contribution >= 4 is 46.0 Å². The predicted octanol–water partition coefficient (Wildman–Crippen LogP) is 3.61. The Kier molecular flexibility index (Phi) is 7.00. The molecule has 2 aliphatic rings. The lowest BCUT2D eigenvalue weighted by molar-refractivity contribution is -0.138. The zero-order valence-corrected chi connectivity index (χ0v) is 22.5. The average molecular weight is 539 g/mol. The third kappa shape index (κ3) is 4.80. The number of aromatic nitrogens is 3. The van der Waals surface area contributed by atoms with Gasteiger partial charge in [-0.2, -0.15) is 0 Å². The first-order valence-corrected chi connectivity index (χ1v) is 13.2. The van der Waals surface area contributed by atoms with Crippen LogP contribution in [0.4, 0.5) is 11.6 Å². The molecule has 3 aromatic rings. The van der Waals surface area contributed by atoms with E-state index in [9.17, 15) is 19.5 Å². The molecule has 38 heavy (non-hydrogen) atoms. The normalized spacial score (nSPS) is 16.8. The summed E-state index contributed by atoms with van der Waals surface area (Å²) in [7, 11) is 1.72. The number of hydrogen-bond donors (Lipinski definition) is 2. The number of aromatic carboxylic acids is 1. The number of halogens is 1. The molecule has 2 aromatic heterocycles. The van der Waals surface area contributed by atoms with Crippen molar-refractivity contribution in [2.24, 2.45) is 13.0 Å². The standard InChI is InChI=1S/C27H31ClN6O4/c1-15-13-18(16(2)29-20-7-8-21(28)30-23(20)26(37)38)22-19(14-15)25(36)32(3)27(31-22)34-11-9-33(10-12-34)24(35)17-5-4-6-17/h7-8,13-14,16-17,29H,4-6,9-12H2,1-3H3,(H,37,38)/t16-/m1/s1. The monoisotopic (exact) mass is 538 g/mol. The maximum atomic E-state index is 13.5. The first-order valence-electron chi connectivity index (χ1n) is 12.9. The SMILES string of the molecule is Cc1cc([C@@H](C)Nc2ccc(Cl)nc2C(=O)O)c2nc(N3CCN(C(=O)C4CCC4)CC3)n(C)c(=O)c2c1. The molecule has 0 spiro atoms. The van der Waals surface area contributed by atoms with Crippen molar-refractivity contribution in [2.45, 2.75) is 39.2 Å². The van der Waals surface area contributed by atoms with Gasteiger partial charge in [-0.05, 0) is 50.5 Å². The van der Waals surface area contributed by atoms with Crippen LogP contribution in [0.1, 0.15) is 53.8 Å². The Morgan fingerprint density at radius 3 is 2.47 bits per heavy atom. The molecule has 2 fully saturated rings. The number of anilines is 2. The van der Waals surface area contributed by atoms with Crippen LogP contribution >= 0.6 is 11.6 Å². The second-order valence-corrected chi connectivity index (χ2v) is 10.6. The van der Waals surface area contributed by atoms with Gasteiger partial charge < -0.3 is 20.2 Å². The van der Waals surface area contributed by atoms with E-state index in [2.05, 4.69) is 15.2 Å². The highest BCUT2D eigenvalue weighted by atomic mass is 35.5. The van der Waals surface area contributed by atoms with Crippen LogP contribution in [0.25, 0.3) is 10.9 Å². The smallest absolute Gasteiger partial charge is 0.356 e. The average Bonchev–Trinajstić information content (AvgIpc) is 2.86. The molecule has 1 saturated heterocycles. The zero-order valence-electron chi connectivity index (χ0n) is 21.7. The van der Waals surface area contributed by atoms with Crippen molar-refractivity contribution in [3.8, 4) is 0 Å². The fourth-order valence-corrected chi connectivity index (χ4v) is 5.37. The van der Waals surface area contributed by atoms with Crippen LogP contribution in [0.2, 0.25) is 5.15 Å². The van der Waals surface area contributed by atoms with Gasteiger partial charge in [0.2, 0.25) is 11.9 Å². The Balaban J connectivity index is 1.47. The summed E-state index contributed by atoms with van der Waals surface area (Å²) in [4.78, 5) is 50.8. The van der Waals surface area contributed by atoms with E-state index in [1.54, 1.807) is 17.7 Å². The van der Waals surface area contributed by atoms with Crippen molar-refractivity contribution in [3.63, 3.8) is 0 Å². The van der Waals surface area contributed by atoms with Gasteiger partial charge in [0, 0.05) is 44.7 Å². The Bertz CT molecular complexity index is 1480. The minimum absolute atomic E-state index is 0.0888. The number of carbonyl (C=O) groups excluding carboxylic acids is 1. The van der Waals surface area contributed by atoms with Gasteiger partial charge in [0.1, 0.15) is 5.15 Å². The minimum atomic E-state index is -1.19. The van der Waals surface area contributed by atoms with E-state index >= 15 is 0 Å². The number of nitrogens with zero attached hydrogens (tertiary/aromatic N) is 5. The summed E-state index contributed by atoms with van der Waals surface area (Å²) in [5.41, 5.74) is 2.20. The van der Waals surface area contributed by atoms with Crippen LogP contribution < -0.4 is 15.8 Å². The number of fused-ring (bicyclic) bond motifs is 1.